The van der Waals surface area contributed by atoms with Gasteiger partial charge in [0.1, 0.15) is 0 Å². The maximum Gasteiger partial charge on any atom is 0.315 e. The summed E-state index contributed by atoms with van der Waals surface area (Å²) in [6.45, 7) is 2.78. The van der Waals surface area contributed by atoms with Crippen molar-refractivity contribution in [1.82, 2.24) is 10.6 Å². The molecule has 2 atom stereocenters. The van der Waals surface area contributed by atoms with Gasteiger partial charge in [-0.3, -0.25) is 0 Å². The third-order valence-corrected chi connectivity index (χ3v) is 2.84. The molecule has 0 spiro atoms. The highest BCUT2D eigenvalue weighted by atomic mass is 35.5. The fraction of sp³-hybridized carbons (Fsp3) is 0.900. The molecule has 0 aromatic rings. The Labute approximate surface area is 90.6 Å². The molecule has 0 radical (unpaired) electrons. The Morgan fingerprint density at radius 2 is 2.29 bits per heavy atom. The number of carbonyl (C=O) groups excluding carboxylic acids is 1. The van der Waals surface area contributed by atoms with E-state index in [0.29, 0.717) is 18.5 Å². The number of hydrogen-bond acceptors (Lipinski definition) is 1. The summed E-state index contributed by atoms with van der Waals surface area (Å²) in [7, 11) is 0. The van der Waals surface area contributed by atoms with Crippen LogP contribution in [0.15, 0.2) is 0 Å². The zero-order valence-corrected chi connectivity index (χ0v) is 9.44. The molecule has 1 rings (SSSR count). The molecule has 1 aliphatic rings. The van der Waals surface area contributed by atoms with Crippen LogP contribution in [0.25, 0.3) is 0 Å². The molecule has 2 N–H and O–H groups in total. The first-order valence-corrected chi connectivity index (χ1v) is 5.86. The highest BCUT2D eigenvalue weighted by Gasteiger charge is 2.19. The molecule has 1 aliphatic carbocycles. The van der Waals surface area contributed by atoms with Gasteiger partial charge >= 0.3 is 6.03 Å². The highest BCUT2D eigenvalue weighted by molar-refractivity contribution is 6.18. The van der Waals surface area contributed by atoms with Crippen molar-refractivity contribution in [3.05, 3.63) is 0 Å². The summed E-state index contributed by atoms with van der Waals surface area (Å²) in [5.41, 5.74) is 0. The summed E-state index contributed by atoms with van der Waals surface area (Å²) in [5, 5.41) is 5.69. The van der Waals surface area contributed by atoms with Crippen LogP contribution in [0.1, 0.15) is 32.6 Å². The number of alkyl halides is 1. The van der Waals surface area contributed by atoms with Crippen LogP contribution in [0.4, 0.5) is 4.79 Å². The molecule has 0 aromatic heterocycles. The van der Waals surface area contributed by atoms with E-state index in [1.165, 1.54) is 12.8 Å². The van der Waals surface area contributed by atoms with Crippen LogP contribution in [0.2, 0.25) is 0 Å². The van der Waals surface area contributed by atoms with Gasteiger partial charge in [0.2, 0.25) is 0 Å². The van der Waals surface area contributed by atoms with Crippen LogP contribution in [0.3, 0.4) is 0 Å². The molecular formula is C10H19ClN2O. The van der Waals surface area contributed by atoms with Crippen LogP contribution in [0.5, 0.6) is 0 Å². The zero-order chi connectivity index (χ0) is 10.4. The molecule has 0 aromatic carbocycles. The maximum atomic E-state index is 11.3. The first kappa shape index (κ1) is 11.6. The van der Waals surface area contributed by atoms with Gasteiger partial charge in [0.25, 0.3) is 0 Å². The van der Waals surface area contributed by atoms with Crippen LogP contribution >= 0.6 is 11.6 Å². The van der Waals surface area contributed by atoms with E-state index < -0.39 is 0 Å². The molecular weight excluding hydrogens is 200 g/mol. The van der Waals surface area contributed by atoms with Gasteiger partial charge in [-0.05, 0) is 18.8 Å². The summed E-state index contributed by atoms with van der Waals surface area (Å²) in [6.07, 6.45) is 4.73. The maximum absolute atomic E-state index is 11.3. The summed E-state index contributed by atoms with van der Waals surface area (Å²) in [5.74, 6) is 1.20. The van der Waals surface area contributed by atoms with E-state index in [9.17, 15) is 4.79 Å². The lowest BCUT2D eigenvalue weighted by atomic mass is 9.87. The van der Waals surface area contributed by atoms with Gasteiger partial charge in [0.15, 0.2) is 0 Å². The summed E-state index contributed by atoms with van der Waals surface area (Å²) >= 11 is 5.47. The van der Waals surface area contributed by atoms with Crippen LogP contribution < -0.4 is 10.6 Å². The summed E-state index contributed by atoms with van der Waals surface area (Å²) in [6, 6.07) is 0.277. The van der Waals surface area contributed by atoms with Gasteiger partial charge in [-0.15, -0.1) is 11.6 Å². The van der Waals surface area contributed by atoms with Crippen LogP contribution in [-0.2, 0) is 0 Å². The summed E-state index contributed by atoms with van der Waals surface area (Å²) < 4.78 is 0. The smallest absolute Gasteiger partial charge is 0.315 e. The molecule has 1 fully saturated rings. The molecule has 0 heterocycles. The molecule has 0 saturated heterocycles. The predicted octanol–water partition coefficient (Wildman–Crippen LogP) is 2.10. The molecule has 2 amide bonds. The van der Waals surface area contributed by atoms with Crippen molar-refractivity contribution in [1.29, 1.82) is 0 Å². The van der Waals surface area contributed by atoms with Crippen molar-refractivity contribution in [2.24, 2.45) is 5.92 Å². The van der Waals surface area contributed by atoms with E-state index in [4.69, 9.17) is 11.6 Å². The lowest BCUT2D eigenvalue weighted by Crippen LogP contribution is -2.44. The second kappa shape index (κ2) is 6.12. The lowest BCUT2D eigenvalue weighted by molar-refractivity contribution is 0.228. The third-order valence-electron chi connectivity index (χ3n) is 2.65. The van der Waals surface area contributed by atoms with E-state index in [0.717, 1.165) is 18.8 Å². The Kier molecular flexibility index (Phi) is 5.09. The van der Waals surface area contributed by atoms with Crippen molar-refractivity contribution in [3.8, 4) is 0 Å². The minimum Gasteiger partial charge on any atom is -0.337 e. The van der Waals surface area contributed by atoms with Crippen LogP contribution in [0, 0.1) is 5.92 Å². The molecule has 14 heavy (non-hydrogen) atoms. The van der Waals surface area contributed by atoms with Crippen molar-refractivity contribution in [3.63, 3.8) is 0 Å². The van der Waals surface area contributed by atoms with Gasteiger partial charge in [-0.1, -0.05) is 19.8 Å². The quantitative estimate of drug-likeness (QED) is 0.700. The minimum absolute atomic E-state index is 0.0789. The van der Waals surface area contributed by atoms with E-state index in [1.54, 1.807) is 0 Å². The first-order chi connectivity index (χ1) is 6.72. The number of urea groups is 1. The monoisotopic (exact) mass is 218 g/mol. The van der Waals surface area contributed by atoms with E-state index in [2.05, 4.69) is 17.6 Å². The Hall–Kier alpha value is -0.440. The molecule has 82 valence electrons. The van der Waals surface area contributed by atoms with Crippen molar-refractivity contribution >= 4 is 17.6 Å². The average Bonchev–Trinajstić information content (AvgIpc) is 2.15. The number of carbonyl (C=O) groups is 1. The van der Waals surface area contributed by atoms with Gasteiger partial charge in [0, 0.05) is 18.5 Å². The average molecular weight is 219 g/mol. The normalized spacial score (nSPS) is 27.0. The Bertz CT molecular complexity index is 187. The van der Waals surface area contributed by atoms with Gasteiger partial charge < -0.3 is 10.6 Å². The molecule has 1 saturated carbocycles. The van der Waals surface area contributed by atoms with Crippen molar-refractivity contribution in [2.45, 2.75) is 38.6 Å². The Morgan fingerprint density at radius 3 is 2.93 bits per heavy atom. The fourth-order valence-corrected chi connectivity index (χ4v) is 2.06. The molecule has 0 aliphatic heterocycles. The van der Waals surface area contributed by atoms with Crippen LogP contribution in [-0.4, -0.2) is 24.5 Å². The molecule has 0 bridgehead atoms. The third kappa shape index (κ3) is 4.18. The second-order valence-corrected chi connectivity index (χ2v) is 4.44. The summed E-state index contributed by atoms with van der Waals surface area (Å²) in [4.78, 5) is 11.3. The van der Waals surface area contributed by atoms with Gasteiger partial charge in [-0.25, -0.2) is 4.79 Å². The van der Waals surface area contributed by atoms with Crippen molar-refractivity contribution in [2.75, 3.05) is 12.4 Å². The van der Waals surface area contributed by atoms with E-state index in [-0.39, 0.29) is 6.03 Å². The Balaban J connectivity index is 2.18. The topological polar surface area (TPSA) is 41.1 Å². The number of amides is 2. The number of hydrogen-bond donors (Lipinski definition) is 2. The SMILES string of the molecule is C[C@@H]1CCC[C@@H](NC(=O)NCCCl)C1. The first-order valence-electron chi connectivity index (χ1n) is 5.32. The standard InChI is InChI=1S/C10H19ClN2O/c1-8-3-2-4-9(7-8)13-10(14)12-6-5-11/h8-9H,2-7H2,1H3,(H2,12,13,14)/t8-,9-/m1/s1. The van der Waals surface area contributed by atoms with Gasteiger partial charge in [-0.2, -0.15) is 0 Å². The largest absolute Gasteiger partial charge is 0.337 e. The number of rotatable bonds is 3. The van der Waals surface area contributed by atoms with Crippen molar-refractivity contribution < 1.29 is 4.79 Å². The van der Waals surface area contributed by atoms with Gasteiger partial charge in [0.05, 0.1) is 0 Å². The molecule has 4 heteroatoms. The van der Waals surface area contributed by atoms with E-state index in [1.807, 2.05) is 0 Å². The lowest BCUT2D eigenvalue weighted by Gasteiger charge is -2.27. The van der Waals surface area contributed by atoms with E-state index >= 15 is 0 Å². The molecule has 0 unspecified atom stereocenters. The second-order valence-electron chi connectivity index (χ2n) is 4.06. The Morgan fingerprint density at radius 1 is 1.50 bits per heavy atom. The number of nitrogens with one attached hydrogen (secondary N) is 2. The highest BCUT2D eigenvalue weighted by Crippen LogP contribution is 2.23. The predicted molar refractivity (Wildman–Crippen MR) is 58.7 cm³/mol. The fourth-order valence-electron chi connectivity index (χ4n) is 1.96. The number of halogens is 1. The zero-order valence-electron chi connectivity index (χ0n) is 8.68. The molecule has 3 nitrogen and oxygen atoms in total. The minimum atomic E-state index is -0.0789.